The van der Waals surface area contributed by atoms with Gasteiger partial charge in [0.2, 0.25) is 0 Å². The molecule has 7 heteroatoms. The zero-order chi connectivity index (χ0) is 12.3. The molecule has 0 amide bonds. The number of phenolic OH excluding ortho intramolecular Hbond substituents is 1. The van der Waals surface area contributed by atoms with Gasteiger partial charge in [-0.2, -0.15) is 0 Å². The Morgan fingerprint density at radius 1 is 1.24 bits per heavy atom. The number of halogens is 4. The van der Waals surface area contributed by atoms with Gasteiger partial charge in [-0.3, -0.25) is 0 Å². The van der Waals surface area contributed by atoms with Crippen LogP contribution in [0.2, 0.25) is 0 Å². The van der Waals surface area contributed by atoms with Crippen LogP contribution in [0.25, 0.3) is 0 Å². The standard InChI is InChI=1S/C10H13Br3N2O.ClH/c11-5-4-6(12)10(16)9(13)8(5)7(15)2-1-3-14;/h4,7,16H,1-3,14-15H2;1H/t7-;/m1./s1. The van der Waals surface area contributed by atoms with Crippen LogP contribution in [-0.2, 0) is 0 Å². The summed E-state index contributed by atoms with van der Waals surface area (Å²) >= 11 is 10.1. The Balaban J connectivity index is 0.00000256. The first-order chi connectivity index (χ1) is 7.49. The second-order valence-corrected chi connectivity index (χ2v) is 5.96. The molecule has 0 heterocycles. The number of phenols is 1. The van der Waals surface area contributed by atoms with E-state index in [0.29, 0.717) is 15.5 Å². The number of rotatable bonds is 4. The first-order valence-electron chi connectivity index (χ1n) is 4.81. The zero-order valence-electron chi connectivity index (χ0n) is 8.92. The lowest BCUT2D eigenvalue weighted by Crippen LogP contribution is -2.14. The van der Waals surface area contributed by atoms with E-state index in [2.05, 4.69) is 47.8 Å². The van der Waals surface area contributed by atoms with Crippen LogP contribution in [0.4, 0.5) is 0 Å². The van der Waals surface area contributed by atoms with E-state index in [1.165, 1.54) is 0 Å². The lowest BCUT2D eigenvalue weighted by atomic mass is 10.0. The fourth-order valence-electron chi connectivity index (χ4n) is 1.42. The molecule has 0 aliphatic heterocycles. The van der Waals surface area contributed by atoms with Gasteiger partial charge in [-0.05, 0) is 57.3 Å². The zero-order valence-corrected chi connectivity index (χ0v) is 14.5. The molecule has 1 aromatic rings. The first-order valence-corrected chi connectivity index (χ1v) is 7.19. The number of aromatic hydroxyl groups is 1. The quantitative estimate of drug-likeness (QED) is 0.649. The molecule has 0 radical (unpaired) electrons. The average molecular weight is 453 g/mol. The molecule has 5 N–H and O–H groups in total. The Kier molecular flexibility index (Phi) is 8.28. The number of benzene rings is 1. The van der Waals surface area contributed by atoms with E-state index in [1.54, 1.807) is 6.07 Å². The van der Waals surface area contributed by atoms with Crippen LogP contribution < -0.4 is 11.5 Å². The van der Waals surface area contributed by atoms with Gasteiger partial charge in [0.05, 0.1) is 8.95 Å². The molecule has 98 valence electrons. The smallest absolute Gasteiger partial charge is 0.144 e. The van der Waals surface area contributed by atoms with E-state index in [1.807, 2.05) is 0 Å². The summed E-state index contributed by atoms with van der Waals surface area (Å²) in [5, 5.41) is 9.79. The van der Waals surface area contributed by atoms with Gasteiger partial charge < -0.3 is 16.6 Å². The lowest BCUT2D eigenvalue weighted by molar-refractivity contribution is 0.465. The molecule has 1 rings (SSSR count). The Morgan fingerprint density at radius 2 is 1.82 bits per heavy atom. The van der Waals surface area contributed by atoms with Crippen molar-refractivity contribution >= 4 is 60.2 Å². The van der Waals surface area contributed by atoms with Gasteiger partial charge in [0, 0.05) is 16.1 Å². The summed E-state index contributed by atoms with van der Waals surface area (Å²) in [6, 6.07) is 1.64. The summed E-state index contributed by atoms with van der Waals surface area (Å²) < 4.78 is 2.12. The molecule has 17 heavy (non-hydrogen) atoms. The third-order valence-corrected chi connectivity index (χ3v) is 4.33. The molecule has 1 aromatic carbocycles. The maximum atomic E-state index is 9.79. The van der Waals surface area contributed by atoms with Crippen LogP contribution in [0.3, 0.4) is 0 Å². The molecule has 0 bridgehead atoms. The Bertz CT molecular complexity index is 390. The van der Waals surface area contributed by atoms with Crippen LogP contribution >= 0.6 is 60.2 Å². The van der Waals surface area contributed by atoms with Gasteiger partial charge >= 0.3 is 0 Å². The molecule has 0 unspecified atom stereocenters. The van der Waals surface area contributed by atoms with Crippen molar-refractivity contribution in [2.45, 2.75) is 18.9 Å². The van der Waals surface area contributed by atoms with Crippen LogP contribution in [0.15, 0.2) is 19.5 Å². The lowest BCUT2D eigenvalue weighted by Gasteiger charge is -2.17. The Morgan fingerprint density at radius 3 is 2.35 bits per heavy atom. The average Bonchev–Trinajstić information content (AvgIpc) is 2.23. The number of hydrogen-bond donors (Lipinski definition) is 3. The summed E-state index contributed by atoms with van der Waals surface area (Å²) in [6.45, 7) is 0.617. The second kappa shape index (κ2) is 7.96. The molecular weight excluding hydrogens is 439 g/mol. The van der Waals surface area contributed by atoms with Gasteiger partial charge in [0.1, 0.15) is 5.75 Å². The fourth-order valence-corrected chi connectivity index (χ4v) is 4.13. The van der Waals surface area contributed by atoms with Gasteiger partial charge in [0.25, 0.3) is 0 Å². The van der Waals surface area contributed by atoms with E-state index in [9.17, 15) is 5.11 Å². The predicted octanol–water partition coefficient (Wildman–Crippen LogP) is 3.84. The van der Waals surface area contributed by atoms with Crippen molar-refractivity contribution in [2.24, 2.45) is 11.5 Å². The summed E-state index contributed by atoms with van der Waals surface area (Å²) in [5.74, 6) is 0.168. The fraction of sp³-hybridized carbons (Fsp3) is 0.400. The van der Waals surface area contributed by atoms with Crippen molar-refractivity contribution in [2.75, 3.05) is 6.54 Å². The van der Waals surface area contributed by atoms with Gasteiger partial charge in [-0.25, -0.2) is 0 Å². The molecule has 0 aliphatic carbocycles. The summed E-state index contributed by atoms with van der Waals surface area (Å²) in [7, 11) is 0. The molecule has 0 fully saturated rings. The third kappa shape index (κ3) is 4.36. The highest BCUT2D eigenvalue weighted by atomic mass is 79.9. The monoisotopic (exact) mass is 450 g/mol. The highest BCUT2D eigenvalue weighted by Gasteiger charge is 2.18. The molecule has 0 aliphatic rings. The van der Waals surface area contributed by atoms with Gasteiger partial charge in [-0.15, -0.1) is 12.4 Å². The largest absolute Gasteiger partial charge is 0.506 e. The Hall–Kier alpha value is 0.670. The molecule has 0 aromatic heterocycles. The van der Waals surface area contributed by atoms with Crippen molar-refractivity contribution in [1.29, 1.82) is 0 Å². The Labute approximate surface area is 132 Å². The third-order valence-electron chi connectivity index (χ3n) is 2.27. The first kappa shape index (κ1) is 17.7. The van der Waals surface area contributed by atoms with E-state index in [0.717, 1.165) is 22.9 Å². The van der Waals surface area contributed by atoms with Crippen molar-refractivity contribution in [3.63, 3.8) is 0 Å². The maximum Gasteiger partial charge on any atom is 0.144 e. The molecule has 0 saturated carbocycles. The van der Waals surface area contributed by atoms with Crippen molar-refractivity contribution in [3.05, 3.63) is 25.0 Å². The van der Waals surface area contributed by atoms with Gasteiger partial charge in [0.15, 0.2) is 0 Å². The molecular formula is C10H14Br3ClN2O. The van der Waals surface area contributed by atoms with E-state index in [4.69, 9.17) is 11.5 Å². The molecule has 1 atom stereocenters. The summed E-state index contributed by atoms with van der Waals surface area (Å²) in [6.07, 6.45) is 1.64. The summed E-state index contributed by atoms with van der Waals surface area (Å²) in [4.78, 5) is 0. The minimum Gasteiger partial charge on any atom is -0.506 e. The SMILES string of the molecule is Cl.NCCC[C@@H](N)c1c(Br)cc(Br)c(O)c1Br. The van der Waals surface area contributed by atoms with Crippen LogP contribution in [0.1, 0.15) is 24.4 Å². The predicted molar refractivity (Wildman–Crippen MR) is 83.7 cm³/mol. The molecule has 0 saturated heterocycles. The molecule has 3 nitrogen and oxygen atoms in total. The van der Waals surface area contributed by atoms with Crippen molar-refractivity contribution < 1.29 is 5.11 Å². The maximum absolute atomic E-state index is 9.79. The normalized spacial score (nSPS) is 12.1. The van der Waals surface area contributed by atoms with Crippen LogP contribution in [0, 0.1) is 0 Å². The highest BCUT2D eigenvalue weighted by molar-refractivity contribution is 9.11. The number of nitrogens with two attached hydrogens (primary N) is 2. The van der Waals surface area contributed by atoms with Crippen molar-refractivity contribution in [1.82, 2.24) is 0 Å². The minimum atomic E-state index is -0.147. The number of hydrogen-bond acceptors (Lipinski definition) is 3. The van der Waals surface area contributed by atoms with Crippen LogP contribution in [-0.4, -0.2) is 11.7 Å². The topological polar surface area (TPSA) is 72.3 Å². The highest BCUT2D eigenvalue weighted by Crippen LogP contribution is 2.42. The van der Waals surface area contributed by atoms with E-state index in [-0.39, 0.29) is 24.2 Å². The second-order valence-electron chi connectivity index (χ2n) is 3.45. The van der Waals surface area contributed by atoms with E-state index < -0.39 is 0 Å². The summed E-state index contributed by atoms with van der Waals surface area (Å²) in [5.41, 5.74) is 12.4. The molecule has 0 spiro atoms. The van der Waals surface area contributed by atoms with Crippen LogP contribution in [0.5, 0.6) is 5.75 Å². The van der Waals surface area contributed by atoms with Gasteiger partial charge in [-0.1, -0.05) is 15.9 Å². The van der Waals surface area contributed by atoms with Crippen molar-refractivity contribution in [3.8, 4) is 5.75 Å². The van der Waals surface area contributed by atoms with E-state index >= 15 is 0 Å². The minimum absolute atomic E-state index is 0.